The Hall–Kier alpha value is -1.85. The molecule has 0 saturated carbocycles. The van der Waals surface area contributed by atoms with Crippen molar-refractivity contribution >= 4 is 17.9 Å². The number of hydrogen-bond acceptors (Lipinski definition) is 6. The van der Waals surface area contributed by atoms with E-state index >= 15 is 0 Å². The lowest BCUT2D eigenvalue weighted by Gasteiger charge is -2.18. The van der Waals surface area contributed by atoms with E-state index in [0.29, 0.717) is 19.3 Å². The predicted octanol–water partition coefficient (Wildman–Crippen LogP) is 20.9. The van der Waals surface area contributed by atoms with Gasteiger partial charge in [0.1, 0.15) is 13.2 Å². The van der Waals surface area contributed by atoms with Crippen LogP contribution >= 0.6 is 0 Å². The summed E-state index contributed by atoms with van der Waals surface area (Å²) in [5.41, 5.74) is 0. The maximum absolute atomic E-state index is 12.8. The van der Waals surface area contributed by atoms with Gasteiger partial charge in [-0.1, -0.05) is 303 Å². The van der Waals surface area contributed by atoms with Crippen molar-refractivity contribution in [3.05, 3.63) is 12.2 Å². The van der Waals surface area contributed by atoms with Gasteiger partial charge in [0.05, 0.1) is 0 Å². The summed E-state index contributed by atoms with van der Waals surface area (Å²) in [4.78, 5) is 38.0. The monoisotopic (exact) mass is 973 g/mol. The van der Waals surface area contributed by atoms with E-state index < -0.39 is 6.10 Å². The molecule has 0 aromatic carbocycles. The molecule has 0 bridgehead atoms. The van der Waals surface area contributed by atoms with Crippen LogP contribution in [0.4, 0.5) is 0 Å². The van der Waals surface area contributed by atoms with Crippen LogP contribution in [0.3, 0.4) is 0 Å². The van der Waals surface area contributed by atoms with E-state index in [-0.39, 0.29) is 31.1 Å². The van der Waals surface area contributed by atoms with Gasteiger partial charge in [-0.05, 0) is 44.9 Å². The van der Waals surface area contributed by atoms with E-state index in [2.05, 4.69) is 32.9 Å². The van der Waals surface area contributed by atoms with Crippen LogP contribution in [0.15, 0.2) is 12.2 Å². The van der Waals surface area contributed by atoms with E-state index in [1.54, 1.807) is 0 Å². The fourth-order valence-electron chi connectivity index (χ4n) is 9.56. The molecule has 0 radical (unpaired) electrons. The van der Waals surface area contributed by atoms with E-state index in [1.165, 1.54) is 257 Å². The molecule has 0 aliphatic heterocycles. The Bertz CT molecular complexity index is 1070. The molecule has 0 saturated heterocycles. The van der Waals surface area contributed by atoms with Crippen LogP contribution in [0.2, 0.25) is 0 Å². The number of ether oxygens (including phenoxy) is 3. The van der Waals surface area contributed by atoms with Gasteiger partial charge in [0.25, 0.3) is 0 Å². The molecule has 0 spiro atoms. The predicted molar refractivity (Wildman–Crippen MR) is 298 cm³/mol. The van der Waals surface area contributed by atoms with Crippen LogP contribution in [-0.4, -0.2) is 37.2 Å². The first kappa shape index (κ1) is 67.1. The van der Waals surface area contributed by atoms with Crippen molar-refractivity contribution < 1.29 is 28.6 Å². The Kier molecular flexibility index (Phi) is 57.1. The minimum atomic E-state index is -0.766. The van der Waals surface area contributed by atoms with Gasteiger partial charge in [-0.15, -0.1) is 0 Å². The third kappa shape index (κ3) is 56.9. The van der Waals surface area contributed by atoms with Crippen molar-refractivity contribution in [3.63, 3.8) is 0 Å². The number of hydrogen-bond donors (Lipinski definition) is 0. The lowest BCUT2D eigenvalue weighted by molar-refractivity contribution is -0.167. The lowest BCUT2D eigenvalue weighted by atomic mass is 10.0. The molecule has 69 heavy (non-hydrogen) atoms. The molecular formula is C63H120O6. The number of unbranched alkanes of at least 4 members (excludes halogenated alkanes) is 45. The topological polar surface area (TPSA) is 78.9 Å². The summed E-state index contributed by atoms with van der Waals surface area (Å²) in [6, 6.07) is 0. The number of carbonyl (C=O) groups is 3. The van der Waals surface area contributed by atoms with Crippen molar-refractivity contribution in [1.82, 2.24) is 0 Å². The van der Waals surface area contributed by atoms with Gasteiger partial charge in [0, 0.05) is 19.3 Å². The average Bonchev–Trinajstić information content (AvgIpc) is 3.35. The average molecular weight is 974 g/mol. The molecule has 0 aliphatic carbocycles. The third-order valence-electron chi connectivity index (χ3n) is 14.3. The van der Waals surface area contributed by atoms with Gasteiger partial charge in [0.15, 0.2) is 6.10 Å². The highest BCUT2D eigenvalue weighted by atomic mass is 16.6. The SMILES string of the molecule is CCCCCCCCC/C=C\CCCCCCCCCC(=O)OC(COC(=O)CCCCCCCCC)COC(=O)CCCCCCCCCCCCCCCCCCCCCCCCCCCC. The molecule has 0 fully saturated rings. The van der Waals surface area contributed by atoms with Gasteiger partial charge in [-0.2, -0.15) is 0 Å². The summed E-state index contributed by atoms with van der Waals surface area (Å²) < 4.78 is 16.8. The zero-order valence-corrected chi connectivity index (χ0v) is 46.9. The summed E-state index contributed by atoms with van der Waals surface area (Å²) in [6.07, 6.45) is 68.2. The number of rotatable bonds is 58. The summed E-state index contributed by atoms with van der Waals surface area (Å²) >= 11 is 0. The van der Waals surface area contributed by atoms with Crippen molar-refractivity contribution in [2.75, 3.05) is 13.2 Å². The van der Waals surface area contributed by atoms with Crippen molar-refractivity contribution in [3.8, 4) is 0 Å². The highest BCUT2D eigenvalue weighted by Crippen LogP contribution is 2.18. The zero-order chi connectivity index (χ0) is 50.0. The van der Waals surface area contributed by atoms with Crippen LogP contribution in [0.5, 0.6) is 0 Å². The maximum Gasteiger partial charge on any atom is 0.306 e. The second-order valence-electron chi connectivity index (χ2n) is 21.3. The molecule has 0 amide bonds. The smallest absolute Gasteiger partial charge is 0.306 e. The standard InChI is InChI=1S/C63H120O6/c1-4-7-10-13-16-18-20-22-24-26-28-29-30-31-32-33-34-35-37-38-40-42-44-47-50-53-56-62(65)68-59-60(58-67-61(64)55-52-49-46-15-12-9-6-3)69-63(66)57-54-51-48-45-43-41-39-36-27-25-23-21-19-17-14-11-8-5-2/h25,27,60H,4-24,26,28-59H2,1-3H3/b27-25-. The van der Waals surface area contributed by atoms with Gasteiger partial charge >= 0.3 is 17.9 Å². The van der Waals surface area contributed by atoms with Crippen molar-refractivity contribution in [2.24, 2.45) is 0 Å². The summed E-state index contributed by atoms with van der Waals surface area (Å²) in [6.45, 7) is 6.65. The fourth-order valence-corrected chi connectivity index (χ4v) is 9.56. The fraction of sp³-hybridized carbons (Fsp3) is 0.921. The normalized spacial score (nSPS) is 12.0. The molecule has 0 N–H and O–H groups in total. The Morgan fingerprint density at radius 3 is 0.725 bits per heavy atom. The van der Waals surface area contributed by atoms with Gasteiger partial charge in [-0.25, -0.2) is 0 Å². The molecular weight excluding hydrogens is 853 g/mol. The van der Waals surface area contributed by atoms with Crippen LogP contribution in [0, 0.1) is 0 Å². The molecule has 0 heterocycles. The summed E-state index contributed by atoms with van der Waals surface area (Å²) in [7, 11) is 0. The Morgan fingerprint density at radius 2 is 0.478 bits per heavy atom. The Morgan fingerprint density at radius 1 is 0.275 bits per heavy atom. The molecule has 0 aromatic rings. The van der Waals surface area contributed by atoms with Gasteiger partial charge in [0.2, 0.25) is 0 Å². The summed E-state index contributed by atoms with van der Waals surface area (Å²) in [5, 5.41) is 0. The van der Waals surface area contributed by atoms with E-state index in [4.69, 9.17) is 14.2 Å². The number of allylic oxidation sites excluding steroid dienone is 2. The summed E-state index contributed by atoms with van der Waals surface area (Å²) in [5.74, 6) is -0.854. The highest BCUT2D eigenvalue weighted by molar-refractivity contribution is 5.71. The van der Waals surface area contributed by atoms with E-state index in [9.17, 15) is 14.4 Å². The first-order chi connectivity index (χ1) is 34.0. The second-order valence-corrected chi connectivity index (χ2v) is 21.3. The third-order valence-corrected chi connectivity index (χ3v) is 14.3. The lowest BCUT2D eigenvalue weighted by Crippen LogP contribution is -2.30. The molecule has 0 aliphatic rings. The van der Waals surface area contributed by atoms with Crippen molar-refractivity contribution in [2.45, 2.75) is 361 Å². The van der Waals surface area contributed by atoms with Crippen LogP contribution in [0.25, 0.3) is 0 Å². The molecule has 1 unspecified atom stereocenters. The molecule has 0 rings (SSSR count). The second kappa shape index (κ2) is 58.7. The van der Waals surface area contributed by atoms with Crippen LogP contribution in [-0.2, 0) is 28.6 Å². The Labute approximate surface area is 431 Å². The van der Waals surface area contributed by atoms with Gasteiger partial charge in [-0.3, -0.25) is 14.4 Å². The molecule has 6 heteroatoms. The van der Waals surface area contributed by atoms with E-state index in [0.717, 1.165) is 57.8 Å². The first-order valence-electron chi connectivity index (χ1n) is 31.2. The van der Waals surface area contributed by atoms with E-state index in [1.807, 2.05) is 0 Å². The quantitative estimate of drug-likeness (QED) is 0.0261. The molecule has 408 valence electrons. The van der Waals surface area contributed by atoms with Crippen molar-refractivity contribution in [1.29, 1.82) is 0 Å². The molecule has 6 nitrogen and oxygen atoms in total. The van der Waals surface area contributed by atoms with Crippen LogP contribution in [0.1, 0.15) is 355 Å². The zero-order valence-electron chi connectivity index (χ0n) is 46.9. The minimum Gasteiger partial charge on any atom is -0.462 e. The Balaban J connectivity index is 4.05. The maximum atomic E-state index is 12.8. The highest BCUT2D eigenvalue weighted by Gasteiger charge is 2.19. The molecule has 0 aromatic heterocycles. The van der Waals surface area contributed by atoms with Crippen LogP contribution < -0.4 is 0 Å². The number of esters is 3. The number of carbonyl (C=O) groups excluding carboxylic acids is 3. The first-order valence-corrected chi connectivity index (χ1v) is 31.2. The largest absolute Gasteiger partial charge is 0.462 e. The molecule has 1 atom stereocenters. The minimum absolute atomic E-state index is 0.0664. The van der Waals surface area contributed by atoms with Gasteiger partial charge < -0.3 is 14.2 Å².